The molecule has 0 aliphatic rings. The summed E-state index contributed by atoms with van der Waals surface area (Å²) in [6, 6.07) is 9.32. The Hall–Kier alpha value is -4.00. The molecule has 0 saturated carbocycles. The topological polar surface area (TPSA) is 86.5 Å². The molecule has 0 aliphatic carbocycles. The number of nitrogens with zero attached hydrogens (tertiary/aromatic N) is 6. The number of aryl methyl sites for hydroxylation is 1. The highest BCUT2D eigenvalue weighted by Gasteiger charge is 2.11. The van der Waals surface area contributed by atoms with Crippen molar-refractivity contribution in [3.8, 4) is 11.1 Å². The van der Waals surface area contributed by atoms with Gasteiger partial charge in [0.25, 0.3) is 0 Å². The maximum Gasteiger partial charge on any atom is 0.168 e. The van der Waals surface area contributed by atoms with Crippen LogP contribution in [0.3, 0.4) is 0 Å². The van der Waals surface area contributed by atoms with Gasteiger partial charge in [0.1, 0.15) is 0 Å². The Morgan fingerprint density at radius 3 is 2.55 bits per heavy atom. The molecule has 1 aromatic carbocycles. The second-order valence-electron chi connectivity index (χ2n) is 6.85. The molecule has 0 N–H and O–H groups in total. The molecule has 0 atom stereocenters. The molecule has 0 fully saturated rings. The van der Waals surface area contributed by atoms with Crippen LogP contribution in [-0.2, 0) is 13.5 Å². The first-order valence-electron chi connectivity index (χ1n) is 9.13. The fraction of sp³-hybridized carbons (Fsp3) is 0.0909. The molecule has 0 unspecified atom stereocenters. The number of pyridine rings is 2. The minimum Gasteiger partial charge on any atom is -0.294 e. The van der Waals surface area contributed by atoms with Crippen LogP contribution in [0.4, 0.5) is 0 Å². The molecule has 0 aliphatic heterocycles. The third kappa shape index (κ3) is 3.34. The van der Waals surface area contributed by atoms with Gasteiger partial charge in [-0.25, -0.2) is 0 Å². The molecule has 5 aromatic rings. The Balaban J connectivity index is 1.45. The number of Topliss-reactive ketones (excluding diaryl/α,β-unsaturated/α-hetero) is 1. The van der Waals surface area contributed by atoms with Crippen molar-refractivity contribution in [2.24, 2.45) is 7.05 Å². The highest BCUT2D eigenvalue weighted by Crippen LogP contribution is 2.23. The van der Waals surface area contributed by atoms with Crippen LogP contribution in [0.25, 0.3) is 33.1 Å². The van der Waals surface area contributed by atoms with E-state index in [9.17, 15) is 4.79 Å². The van der Waals surface area contributed by atoms with Gasteiger partial charge in [-0.05, 0) is 30.3 Å². The second-order valence-corrected chi connectivity index (χ2v) is 6.85. The van der Waals surface area contributed by atoms with Crippen molar-refractivity contribution in [3.63, 3.8) is 0 Å². The first-order chi connectivity index (χ1) is 14.2. The van der Waals surface area contributed by atoms with Gasteiger partial charge in [0.05, 0.1) is 35.4 Å². The number of fused-ring (bicyclic) bond motifs is 2. The van der Waals surface area contributed by atoms with E-state index in [2.05, 4.69) is 25.0 Å². The van der Waals surface area contributed by atoms with Gasteiger partial charge in [-0.3, -0.25) is 29.4 Å². The number of aromatic nitrogens is 6. The van der Waals surface area contributed by atoms with E-state index >= 15 is 0 Å². The second kappa shape index (κ2) is 6.87. The van der Waals surface area contributed by atoms with Gasteiger partial charge in [-0.1, -0.05) is 0 Å². The van der Waals surface area contributed by atoms with Crippen LogP contribution in [0, 0.1) is 0 Å². The van der Waals surface area contributed by atoms with E-state index in [0.29, 0.717) is 16.8 Å². The van der Waals surface area contributed by atoms with Crippen molar-refractivity contribution >= 4 is 27.7 Å². The van der Waals surface area contributed by atoms with Gasteiger partial charge in [0.15, 0.2) is 5.78 Å². The normalized spacial score (nSPS) is 11.2. The number of rotatable bonds is 4. The van der Waals surface area contributed by atoms with E-state index in [4.69, 9.17) is 0 Å². The van der Waals surface area contributed by atoms with Gasteiger partial charge in [0.2, 0.25) is 0 Å². The molecular weight excluding hydrogens is 364 g/mol. The molecule has 4 aromatic heterocycles. The van der Waals surface area contributed by atoms with Crippen LogP contribution < -0.4 is 0 Å². The standard InChI is InChI=1S/C22H16N6O/c1-28-13-17(11-27-28)16-6-15-7-18(25-12-21(15)26-10-16)9-22(29)14-2-3-19-20(8-14)24-5-4-23-19/h2-8,10-13H,9H2,1H3. The van der Waals surface area contributed by atoms with Crippen molar-refractivity contribution in [1.82, 2.24) is 29.7 Å². The molecule has 0 saturated heterocycles. The minimum atomic E-state index is -0.0132. The monoisotopic (exact) mass is 380 g/mol. The summed E-state index contributed by atoms with van der Waals surface area (Å²) < 4.78 is 1.75. The average molecular weight is 380 g/mol. The number of carbonyl (C=O) groups is 1. The number of carbonyl (C=O) groups excluding carboxylic acids is 1. The van der Waals surface area contributed by atoms with E-state index in [1.165, 1.54) is 0 Å². The van der Waals surface area contributed by atoms with Gasteiger partial charge in [-0.15, -0.1) is 0 Å². The van der Waals surface area contributed by atoms with Crippen molar-refractivity contribution in [2.75, 3.05) is 0 Å². The lowest BCUT2D eigenvalue weighted by Gasteiger charge is -2.05. The molecule has 0 amide bonds. The summed E-state index contributed by atoms with van der Waals surface area (Å²) in [5, 5.41) is 5.15. The molecule has 7 heteroatoms. The zero-order chi connectivity index (χ0) is 19.8. The predicted octanol–water partition coefficient (Wildman–Crippen LogP) is 3.40. The Morgan fingerprint density at radius 1 is 0.862 bits per heavy atom. The highest BCUT2D eigenvalue weighted by atomic mass is 16.1. The molecule has 0 spiro atoms. The van der Waals surface area contributed by atoms with E-state index in [1.807, 2.05) is 37.6 Å². The lowest BCUT2D eigenvalue weighted by Crippen LogP contribution is -2.05. The molecule has 0 bridgehead atoms. The van der Waals surface area contributed by atoms with Crippen molar-refractivity contribution in [3.05, 3.63) is 78.8 Å². The Labute approximate surface area is 166 Å². The summed E-state index contributed by atoms with van der Waals surface area (Å²) in [4.78, 5) is 30.2. The van der Waals surface area contributed by atoms with Crippen molar-refractivity contribution < 1.29 is 4.79 Å². The van der Waals surface area contributed by atoms with Crippen LogP contribution in [0.1, 0.15) is 16.1 Å². The molecule has 140 valence electrons. The van der Waals surface area contributed by atoms with Crippen LogP contribution in [0.15, 0.2) is 67.5 Å². The van der Waals surface area contributed by atoms with Gasteiger partial charge < -0.3 is 0 Å². The zero-order valence-electron chi connectivity index (χ0n) is 15.6. The van der Waals surface area contributed by atoms with Crippen LogP contribution in [-0.4, -0.2) is 35.5 Å². The Morgan fingerprint density at radius 2 is 1.72 bits per heavy atom. The Kier molecular flexibility index (Phi) is 4.05. The highest BCUT2D eigenvalue weighted by molar-refractivity contribution is 6.00. The molecular formula is C22H16N6O. The maximum absolute atomic E-state index is 12.8. The van der Waals surface area contributed by atoms with Crippen LogP contribution >= 0.6 is 0 Å². The fourth-order valence-corrected chi connectivity index (χ4v) is 3.30. The summed E-state index contributed by atoms with van der Waals surface area (Å²) in [6.07, 6.45) is 10.7. The van der Waals surface area contributed by atoms with Crippen LogP contribution in [0.5, 0.6) is 0 Å². The van der Waals surface area contributed by atoms with E-state index in [-0.39, 0.29) is 12.2 Å². The molecule has 7 nitrogen and oxygen atoms in total. The molecule has 5 rings (SSSR count). The molecule has 29 heavy (non-hydrogen) atoms. The number of ketones is 1. The number of benzene rings is 1. The largest absolute Gasteiger partial charge is 0.294 e. The van der Waals surface area contributed by atoms with E-state index in [1.54, 1.807) is 41.6 Å². The summed E-state index contributed by atoms with van der Waals surface area (Å²) in [5.41, 5.74) is 5.52. The lowest BCUT2D eigenvalue weighted by molar-refractivity contribution is 0.0992. The van der Waals surface area contributed by atoms with Crippen molar-refractivity contribution in [2.45, 2.75) is 6.42 Å². The van der Waals surface area contributed by atoms with Gasteiger partial charge in [-0.2, -0.15) is 5.10 Å². The van der Waals surface area contributed by atoms with E-state index < -0.39 is 0 Å². The quantitative estimate of drug-likeness (QED) is 0.444. The predicted molar refractivity (Wildman–Crippen MR) is 109 cm³/mol. The van der Waals surface area contributed by atoms with E-state index in [0.717, 1.165) is 27.5 Å². The Bertz CT molecular complexity index is 1370. The summed E-state index contributed by atoms with van der Waals surface area (Å²) in [5.74, 6) is -0.0132. The van der Waals surface area contributed by atoms with Crippen LogP contribution in [0.2, 0.25) is 0 Å². The van der Waals surface area contributed by atoms with Gasteiger partial charge in [0, 0.05) is 59.6 Å². The summed E-state index contributed by atoms with van der Waals surface area (Å²) in [6.45, 7) is 0. The number of hydrogen-bond acceptors (Lipinski definition) is 6. The lowest BCUT2D eigenvalue weighted by atomic mass is 10.0. The SMILES string of the molecule is Cn1cc(-c2cnc3cnc(CC(=O)c4ccc5nccnc5c4)cc3c2)cn1. The van der Waals surface area contributed by atoms with Gasteiger partial charge >= 0.3 is 0 Å². The summed E-state index contributed by atoms with van der Waals surface area (Å²) >= 11 is 0. The first-order valence-corrected chi connectivity index (χ1v) is 9.13. The maximum atomic E-state index is 12.8. The molecule has 4 heterocycles. The fourth-order valence-electron chi connectivity index (χ4n) is 3.30. The number of hydrogen-bond donors (Lipinski definition) is 0. The summed E-state index contributed by atoms with van der Waals surface area (Å²) in [7, 11) is 1.88. The average Bonchev–Trinajstić information content (AvgIpc) is 3.19. The smallest absolute Gasteiger partial charge is 0.168 e. The minimum absolute atomic E-state index is 0.0132. The first kappa shape index (κ1) is 17.1. The third-order valence-electron chi connectivity index (χ3n) is 4.80. The third-order valence-corrected chi connectivity index (χ3v) is 4.80. The zero-order valence-corrected chi connectivity index (χ0v) is 15.6. The molecule has 0 radical (unpaired) electrons. The van der Waals surface area contributed by atoms with Crippen molar-refractivity contribution in [1.29, 1.82) is 0 Å².